The lowest BCUT2D eigenvalue weighted by atomic mass is 10.0. The molecule has 0 aromatic heterocycles. The lowest BCUT2D eigenvalue weighted by molar-refractivity contribution is -0.000939. The fourth-order valence-corrected chi connectivity index (χ4v) is 2.01. The number of carbonyl (C=O) groups is 1. The van der Waals surface area contributed by atoms with Crippen molar-refractivity contribution in [1.82, 2.24) is 0 Å². The summed E-state index contributed by atoms with van der Waals surface area (Å²) in [5, 5.41) is 28.2. The van der Waals surface area contributed by atoms with Crippen molar-refractivity contribution in [2.24, 2.45) is 0 Å². The van der Waals surface area contributed by atoms with Gasteiger partial charge in [-0.15, -0.1) is 0 Å². The van der Waals surface area contributed by atoms with E-state index in [1.807, 2.05) is 0 Å². The van der Waals surface area contributed by atoms with E-state index in [9.17, 15) is 9.90 Å². The number of aromatic hydroxyl groups is 1. The van der Waals surface area contributed by atoms with Crippen molar-refractivity contribution in [3.8, 4) is 17.2 Å². The van der Waals surface area contributed by atoms with Gasteiger partial charge in [0.15, 0.2) is 18.4 Å². The summed E-state index contributed by atoms with van der Waals surface area (Å²) in [4.78, 5) is 12.4. The SMILES string of the molecule is CC(O)Oc1ccc(C(=O)c2ccc(OC(C)O)cc2O)cc1. The molecule has 0 bridgehead atoms. The van der Waals surface area contributed by atoms with Crippen LogP contribution in [-0.2, 0) is 0 Å². The van der Waals surface area contributed by atoms with Gasteiger partial charge in [0, 0.05) is 11.6 Å². The molecular formula is C17H18O6. The second-order valence-electron chi connectivity index (χ2n) is 4.97. The fourth-order valence-electron chi connectivity index (χ4n) is 2.01. The average Bonchev–Trinajstić information content (AvgIpc) is 2.46. The Morgan fingerprint density at radius 2 is 1.43 bits per heavy atom. The first-order valence-corrected chi connectivity index (χ1v) is 7.04. The van der Waals surface area contributed by atoms with Crippen molar-refractivity contribution in [2.75, 3.05) is 0 Å². The second-order valence-corrected chi connectivity index (χ2v) is 4.97. The first-order chi connectivity index (χ1) is 10.9. The zero-order valence-corrected chi connectivity index (χ0v) is 12.8. The predicted octanol–water partition coefficient (Wildman–Crippen LogP) is 2.06. The minimum atomic E-state index is -1.02. The normalized spacial score (nSPS) is 13.2. The molecule has 2 atom stereocenters. The van der Waals surface area contributed by atoms with Gasteiger partial charge in [0.05, 0.1) is 5.56 Å². The third kappa shape index (κ3) is 4.45. The molecule has 0 fully saturated rings. The number of phenolic OH excluding ortho intramolecular Hbond substituents is 1. The maximum atomic E-state index is 12.4. The number of carbonyl (C=O) groups excluding carboxylic acids is 1. The molecule has 2 rings (SSSR count). The number of aliphatic hydroxyl groups excluding tert-OH is 2. The van der Waals surface area contributed by atoms with Gasteiger partial charge in [0.1, 0.15) is 17.2 Å². The molecule has 0 aliphatic carbocycles. The van der Waals surface area contributed by atoms with Crippen LogP contribution < -0.4 is 9.47 Å². The molecule has 0 saturated heterocycles. The van der Waals surface area contributed by atoms with Crippen molar-refractivity contribution in [3.05, 3.63) is 53.6 Å². The monoisotopic (exact) mass is 318 g/mol. The van der Waals surface area contributed by atoms with E-state index in [0.717, 1.165) is 0 Å². The molecule has 0 spiro atoms. The molecule has 6 heteroatoms. The van der Waals surface area contributed by atoms with Gasteiger partial charge in [0.2, 0.25) is 0 Å². The largest absolute Gasteiger partial charge is 0.507 e. The summed E-state index contributed by atoms with van der Waals surface area (Å²) in [6, 6.07) is 10.4. The third-order valence-corrected chi connectivity index (χ3v) is 2.94. The number of ketones is 1. The highest BCUT2D eigenvalue weighted by Gasteiger charge is 2.15. The Balaban J connectivity index is 2.19. The standard InChI is InChI=1S/C17H18O6/c1-10(18)22-13-5-3-12(4-6-13)17(21)15-8-7-14(9-16(15)20)23-11(2)19/h3-11,18-20H,1-2H3. The minimum Gasteiger partial charge on any atom is -0.507 e. The molecule has 6 nitrogen and oxygen atoms in total. The summed E-state index contributed by atoms with van der Waals surface area (Å²) >= 11 is 0. The molecule has 0 aliphatic rings. The van der Waals surface area contributed by atoms with Crippen LogP contribution in [0.1, 0.15) is 29.8 Å². The zero-order chi connectivity index (χ0) is 17.0. The minimum absolute atomic E-state index is 0.118. The first-order valence-electron chi connectivity index (χ1n) is 7.04. The number of hydrogen-bond donors (Lipinski definition) is 3. The third-order valence-electron chi connectivity index (χ3n) is 2.94. The Bertz CT molecular complexity index is 676. The van der Waals surface area contributed by atoms with Crippen LogP contribution in [0.5, 0.6) is 17.2 Å². The van der Waals surface area contributed by atoms with E-state index < -0.39 is 12.6 Å². The molecule has 0 saturated carbocycles. The van der Waals surface area contributed by atoms with Crippen molar-refractivity contribution < 1.29 is 29.6 Å². The van der Waals surface area contributed by atoms with Crippen LogP contribution in [-0.4, -0.2) is 33.7 Å². The van der Waals surface area contributed by atoms with Gasteiger partial charge in [-0.05, 0) is 50.2 Å². The highest BCUT2D eigenvalue weighted by molar-refractivity contribution is 6.10. The second kappa shape index (κ2) is 7.13. The summed E-state index contributed by atoms with van der Waals surface area (Å²) in [6.45, 7) is 2.92. The van der Waals surface area contributed by atoms with Crippen molar-refractivity contribution in [2.45, 2.75) is 26.4 Å². The van der Waals surface area contributed by atoms with Crippen molar-refractivity contribution in [3.63, 3.8) is 0 Å². The fraction of sp³-hybridized carbons (Fsp3) is 0.235. The molecule has 0 amide bonds. The molecule has 2 aromatic rings. The molecule has 0 aliphatic heterocycles. The number of benzene rings is 2. The highest BCUT2D eigenvalue weighted by Crippen LogP contribution is 2.27. The van der Waals surface area contributed by atoms with Crippen molar-refractivity contribution >= 4 is 5.78 Å². The van der Waals surface area contributed by atoms with Crippen LogP contribution in [0, 0.1) is 0 Å². The number of ether oxygens (including phenoxy) is 2. The summed E-state index contributed by atoms with van der Waals surface area (Å²) < 4.78 is 10.1. The quantitative estimate of drug-likeness (QED) is 0.557. The lowest BCUT2D eigenvalue weighted by Gasteiger charge is -2.11. The van der Waals surface area contributed by atoms with Gasteiger partial charge in [-0.1, -0.05) is 0 Å². The van der Waals surface area contributed by atoms with Gasteiger partial charge >= 0.3 is 0 Å². The van der Waals surface area contributed by atoms with E-state index in [1.54, 1.807) is 24.3 Å². The number of aliphatic hydroxyl groups is 2. The molecule has 122 valence electrons. The molecule has 3 N–H and O–H groups in total. The Morgan fingerprint density at radius 3 is 1.96 bits per heavy atom. The first kappa shape index (κ1) is 16.8. The molecular weight excluding hydrogens is 300 g/mol. The summed E-state index contributed by atoms with van der Waals surface area (Å²) in [5.74, 6) is 0.0864. The lowest BCUT2D eigenvalue weighted by Crippen LogP contribution is -2.10. The average molecular weight is 318 g/mol. The van der Waals surface area contributed by atoms with Crippen LogP contribution in [0.3, 0.4) is 0 Å². The van der Waals surface area contributed by atoms with Gasteiger partial charge in [-0.2, -0.15) is 0 Å². The molecule has 2 aromatic carbocycles. The molecule has 0 radical (unpaired) electrons. The summed E-state index contributed by atoms with van der Waals surface area (Å²) in [5.41, 5.74) is 0.481. The van der Waals surface area contributed by atoms with Gasteiger partial charge < -0.3 is 24.8 Å². The van der Waals surface area contributed by atoms with E-state index in [1.165, 1.54) is 32.0 Å². The van der Waals surface area contributed by atoms with Gasteiger partial charge in [-0.3, -0.25) is 4.79 Å². The maximum absolute atomic E-state index is 12.4. The van der Waals surface area contributed by atoms with Crippen LogP contribution in [0.2, 0.25) is 0 Å². The zero-order valence-electron chi connectivity index (χ0n) is 12.8. The summed E-state index contributed by atoms with van der Waals surface area (Å²) in [7, 11) is 0. The Labute approximate surface area is 133 Å². The Hall–Kier alpha value is -2.57. The Kier molecular flexibility index (Phi) is 5.20. The molecule has 0 heterocycles. The van der Waals surface area contributed by atoms with E-state index in [0.29, 0.717) is 11.3 Å². The van der Waals surface area contributed by atoms with Crippen LogP contribution in [0.4, 0.5) is 0 Å². The van der Waals surface area contributed by atoms with E-state index in [2.05, 4.69) is 0 Å². The topological polar surface area (TPSA) is 96.2 Å². The van der Waals surface area contributed by atoms with Crippen LogP contribution >= 0.6 is 0 Å². The van der Waals surface area contributed by atoms with E-state index in [-0.39, 0.29) is 22.8 Å². The van der Waals surface area contributed by atoms with E-state index >= 15 is 0 Å². The molecule has 2 unspecified atom stereocenters. The summed E-state index contributed by atoms with van der Waals surface area (Å²) in [6.07, 6.45) is -1.96. The van der Waals surface area contributed by atoms with E-state index in [4.69, 9.17) is 19.7 Å². The maximum Gasteiger partial charge on any atom is 0.196 e. The van der Waals surface area contributed by atoms with Crippen LogP contribution in [0.15, 0.2) is 42.5 Å². The molecule has 23 heavy (non-hydrogen) atoms. The van der Waals surface area contributed by atoms with Crippen molar-refractivity contribution in [1.29, 1.82) is 0 Å². The van der Waals surface area contributed by atoms with Crippen LogP contribution in [0.25, 0.3) is 0 Å². The number of rotatable bonds is 6. The Morgan fingerprint density at radius 1 is 0.913 bits per heavy atom. The van der Waals surface area contributed by atoms with Gasteiger partial charge in [-0.25, -0.2) is 0 Å². The number of hydrogen-bond acceptors (Lipinski definition) is 6. The highest BCUT2D eigenvalue weighted by atomic mass is 16.6. The predicted molar refractivity (Wildman–Crippen MR) is 82.6 cm³/mol. The number of phenols is 1. The smallest absolute Gasteiger partial charge is 0.196 e. The van der Waals surface area contributed by atoms with Gasteiger partial charge in [0.25, 0.3) is 0 Å².